The summed E-state index contributed by atoms with van der Waals surface area (Å²) in [5, 5.41) is 2.34. The van der Waals surface area contributed by atoms with Crippen molar-refractivity contribution in [3.8, 4) is 33.8 Å². The summed E-state index contributed by atoms with van der Waals surface area (Å²) in [5.74, 6) is 0.865. The van der Waals surface area contributed by atoms with Crippen molar-refractivity contribution in [1.82, 2.24) is 18.7 Å². The molecule has 6 aromatic carbocycles. The van der Waals surface area contributed by atoms with E-state index in [-0.39, 0.29) is 26.5 Å². The van der Waals surface area contributed by atoms with Gasteiger partial charge in [0.2, 0.25) is 0 Å². The molecule has 0 unspecified atom stereocenters. The standard InChI is InChI=1S/C46H35N4.Pt/c1-46(2,34-16-13-17-36(29-34)49-31-48(3)42-22-11-12-23-43(42)49)35-24-25-40-39-20-9-10-21-41(39)50(44(40)30-35)45-28-33(26-27-47-45)38-19-8-7-18-37(38)32-14-5-4-6-15-32;/h4-28,31H,1-3H3;/q-1;. The van der Waals surface area contributed by atoms with Crippen molar-refractivity contribution in [2.24, 2.45) is 7.05 Å². The van der Waals surface area contributed by atoms with Gasteiger partial charge in [0.05, 0.1) is 0 Å². The molecule has 0 aliphatic heterocycles. The zero-order valence-electron chi connectivity index (χ0n) is 28.6. The Balaban J connectivity index is 0.00000374. The van der Waals surface area contributed by atoms with Crippen LogP contribution in [0.4, 0.5) is 0 Å². The van der Waals surface area contributed by atoms with Crippen molar-refractivity contribution < 1.29 is 21.1 Å². The van der Waals surface area contributed by atoms with E-state index in [1.807, 2.05) is 6.20 Å². The molecule has 5 heteroatoms. The Hall–Kier alpha value is -5.57. The Morgan fingerprint density at radius 2 is 1.25 bits per heavy atom. The number of fused-ring (bicyclic) bond motifs is 4. The first-order valence-corrected chi connectivity index (χ1v) is 17.0. The van der Waals surface area contributed by atoms with Crippen LogP contribution in [0, 0.1) is 12.1 Å². The van der Waals surface area contributed by atoms with Crippen LogP contribution in [-0.4, -0.2) is 18.7 Å². The molecule has 0 saturated carbocycles. The van der Waals surface area contributed by atoms with Crippen molar-refractivity contribution >= 4 is 32.8 Å². The van der Waals surface area contributed by atoms with Gasteiger partial charge in [0.25, 0.3) is 0 Å². The SMILES string of the molecule is Cn1[cH+]n(-c2[c-]c(C(C)(C)c3[c-]c4c(cc3)c3ccccc3n4-c3cc(-c4ccccc4-c4ccccc4)ccn3)ccc2)c2ccccc21.[Pt]. The second-order valence-electron chi connectivity index (χ2n) is 13.5. The predicted molar refractivity (Wildman–Crippen MR) is 206 cm³/mol. The summed E-state index contributed by atoms with van der Waals surface area (Å²) in [6.07, 6.45) is 4.05. The van der Waals surface area contributed by atoms with E-state index in [1.54, 1.807) is 0 Å². The van der Waals surface area contributed by atoms with E-state index in [1.165, 1.54) is 27.6 Å². The number of aromatic nitrogens is 4. The summed E-state index contributed by atoms with van der Waals surface area (Å²) >= 11 is 0. The first-order chi connectivity index (χ1) is 24.5. The minimum Gasteiger partial charge on any atom is -0.319 e. The van der Waals surface area contributed by atoms with Crippen LogP contribution in [-0.2, 0) is 33.5 Å². The van der Waals surface area contributed by atoms with E-state index >= 15 is 0 Å². The molecular weight excluding hydrogens is 804 g/mol. The average molecular weight is 839 g/mol. The van der Waals surface area contributed by atoms with Gasteiger partial charge in [0.15, 0.2) is 17.4 Å². The van der Waals surface area contributed by atoms with Gasteiger partial charge >= 0.3 is 0 Å². The van der Waals surface area contributed by atoms with E-state index in [4.69, 9.17) is 4.98 Å². The quantitative estimate of drug-likeness (QED) is 0.153. The van der Waals surface area contributed by atoms with Gasteiger partial charge in [-0.2, -0.15) is 35.9 Å². The van der Waals surface area contributed by atoms with Crippen LogP contribution in [0.5, 0.6) is 0 Å². The minimum absolute atomic E-state index is 0. The number of nitrogens with zero attached hydrogens (tertiary/aromatic N) is 4. The number of benzene rings is 6. The molecule has 0 amide bonds. The largest absolute Gasteiger partial charge is 0.319 e. The number of para-hydroxylation sites is 3. The number of pyridine rings is 1. The van der Waals surface area contributed by atoms with Crippen LogP contribution < -0.4 is 0 Å². The summed E-state index contributed by atoms with van der Waals surface area (Å²) in [6.45, 7) is 4.53. The molecule has 9 aromatic rings. The molecular formula is C46H35N4Pt-. The monoisotopic (exact) mass is 838 g/mol. The maximum absolute atomic E-state index is 4.96. The maximum atomic E-state index is 4.96. The Bertz CT molecular complexity index is 2700. The molecule has 3 aromatic heterocycles. The molecule has 51 heavy (non-hydrogen) atoms. The first-order valence-electron chi connectivity index (χ1n) is 17.0. The first kappa shape index (κ1) is 32.6. The molecule has 3 heterocycles. The molecule has 0 radical (unpaired) electrons. The van der Waals surface area contributed by atoms with E-state index < -0.39 is 0 Å². The Morgan fingerprint density at radius 3 is 2.06 bits per heavy atom. The molecule has 0 saturated heterocycles. The van der Waals surface area contributed by atoms with Gasteiger partial charge in [0, 0.05) is 57.6 Å². The van der Waals surface area contributed by atoms with Gasteiger partial charge in [-0.1, -0.05) is 92.2 Å². The zero-order valence-corrected chi connectivity index (χ0v) is 30.9. The Morgan fingerprint density at radius 1 is 0.588 bits per heavy atom. The number of rotatable bonds is 6. The van der Waals surface area contributed by atoms with Gasteiger partial charge in [-0.25, -0.2) is 14.1 Å². The average Bonchev–Trinajstić information content (AvgIpc) is 3.69. The third-order valence-electron chi connectivity index (χ3n) is 10.1. The number of aryl methyl sites for hydroxylation is 1. The van der Waals surface area contributed by atoms with Crippen LogP contribution in [0.25, 0.3) is 66.6 Å². The van der Waals surface area contributed by atoms with Crippen molar-refractivity contribution in [3.63, 3.8) is 0 Å². The molecule has 0 bridgehead atoms. The Labute approximate surface area is 312 Å². The predicted octanol–water partition coefficient (Wildman–Crippen LogP) is 11.0. The molecule has 0 fully saturated rings. The van der Waals surface area contributed by atoms with Crippen molar-refractivity contribution in [2.75, 3.05) is 0 Å². The normalized spacial score (nSPS) is 11.7. The summed E-state index contributed by atoms with van der Waals surface area (Å²) in [4.78, 5) is 4.96. The smallest absolute Gasteiger partial charge is 0.188 e. The minimum atomic E-state index is -0.374. The molecule has 250 valence electrons. The summed E-state index contributed by atoms with van der Waals surface area (Å²) in [7, 11) is 2.09. The molecule has 0 N–H and O–H groups in total. The van der Waals surface area contributed by atoms with Crippen molar-refractivity contribution in [2.45, 2.75) is 19.3 Å². The van der Waals surface area contributed by atoms with Crippen molar-refractivity contribution in [1.29, 1.82) is 0 Å². The fraction of sp³-hybridized carbons (Fsp3) is 0.0870. The third kappa shape index (κ3) is 5.51. The molecule has 0 atom stereocenters. The van der Waals surface area contributed by atoms with Gasteiger partial charge in [-0.3, -0.25) is 0 Å². The van der Waals surface area contributed by atoms with Gasteiger partial charge in [0.1, 0.15) is 5.82 Å². The summed E-state index contributed by atoms with van der Waals surface area (Å²) < 4.78 is 6.64. The second kappa shape index (κ2) is 13.0. The van der Waals surface area contributed by atoms with Crippen LogP contribution in [0.3, 0.4) is 0 Å². The van der Waals surface area contributed by atoms with Crippen LogP contribution in [0.2, 0.25) is 0 Å². The fourth-order valence-corrected chi connectivity index (χ4v) is 7.37. The number of imidazole rings is 1. The van der Waals surface area contributed by atoms with E-state index in [9.17, 15) is 0 Å². The number of hydrogen-bond donors (Lipinski definition) is 0. The molecule has 0 aliphatic carbocycles. The van der Waals surface area contributed by atoms with Crippen LogP contribution >= 0.6 is 0 Å². The summed E-state index contributed by atoms with van der Waals surface area (Å²) in [6, 6.07) is 59.1. The van der Waals surface area contributed by atoms with Gasteiger partial charge < -0.3 is 4.57 Å². The third-order valence-corrected chi connectivity index (χ3v) is 10.1. The van der Waals surface area contributed by atoms with E-state index in [0.29, 0.717) is 0 Å². The van der Waals surface area contributed by atoms with Crippen LogP contribution in [0.15, 0.2) is 158 Å². The van der Waals surface area contributed by atoms with Crippen LogP contribution in [0.1, 0.15) is 25.0 Å². The van der Waals surface area contributed by atoms with E-state index in [2.05, 4.69) is 199 Å². The Kier molecular flexibility index (Phi) is 8.29. The van der Waals surface area contributed by atoms with Gasteiger partial charge in [-0.05, 0) is 63.4 Å². The van der Waals surface area contributed by atoms with Gasteiger partial charge in [-0.15, -0.1) is 23.1 Å². The number of hydrogen-bond acceptors (Lipinski definition) is 1. The topological polar surface area (TPSA) is 27.7 Å². The fourth-order valence-electron chi connectivity index (χ4n) is 7.37. The molecule has 0 spiro atoms. The maximum Gasteiger partial charge on any atom is 0.188 e. The molecule has 9 rings (SSSR count). The second-order valence-corrected chi connectivity index (χ2v) is 13.5. The zero-order chi connectivity index (χ0) is 33.8. The molecule has 0 aliphatic rings. The molecule has 4 nitrogen and oxygen atoms in total. The summed E-state index contributed by atoms with van der Waals surface area (Å²) in [5.41, 5.74) is 12.0. The van der Waals surface area contributed by atoms with E-state index in [0.717, 1.165) is 50.1 Å². The van der Waals surface area contributed by atoms with Crippen molar-refractivity contribution in [3.05, 3.63) is 181 Å².